The lowest BCUT2D eigenvalue weighted by atomic mass is 10.1. The van der Waals surface area contributed by atoms with Gasteiger partial charge < -0.3 is 0 Å². The topological polar surface area (TPSA) is 38.7 Å². The van der Waals surface area contributed by atoms with Crippen molar-refractivity contribution in [1.29, 1.82) is 0 Å². The fourth-order valence-corrected chi connectivity index (χ4v) is 2.27. The maximum atomic E-state index is 4.55. The summed E-state index contributed by atoms with van der Waals surface area (Å²) in [4.78, 5) is 4.55. The Morgan fingerprint density at radius 2 is 1.44 bits per heavy atom. The fraction of sp³-hybridized carbons (Fsp3) is 0. The van der Waals surface area contributed by atoms with Gasteiger partial charge in [0.1, 0.15) is 0 Å². The molecule has 3 nitrogen and oxygen atoms in total. The normalized spacial score (nSPS) is 11.3. The lowest BCUT2D eigenvalue weighted by Crippen LogP contribution is -1.90. The maximum absolute atomic E-state index is 4.55. The monoisotopic (exact) mass is 231 g/mol. The SMILES string of the molecule is c1ccc2nc3nnc4ccccc4c3cc2c1. The number of aromatic nitrogens is 3. The number of nitrogens with zero attached hydrogens (tertiary/aromatic N) is 3. The van der Waals surface area contributed by atoms with Gasteiger partial charge in [-0.05, 0) is 18.2 Å². The van der Waals surface area contributed by atoms with E-state index in [-0.39, 0.29) is 0 Å². The molecule has 0 spiro atoms. The van der Waals surface area contributed by atoms with Gasteiger partial charge in [-0.25, -0.2) is 4.98 Å². The number of hydrogen-bond donors (Lipinski definition) is 0. The highest BCUT2D eigenvalue weighted by molar-refractivity contribution is 6.06. The molecule has 0 saturated carbocycles. The van der Waals surface area contributed by atoms with Crippen LogP contribution in [0, 0.1) is 0 Å². The van der Waals surface area contributed by atoms with Gasteiger partial charge in [0.15, 0.2) is 5.65 Å². The van der Waals surface area contributed by atoms with E-state index >= 15 is 0 Å². The molecule has 0 N–H and O–H groups in total. The smallest absolute Gasteiger partial charge is 0.183 e. The zero-order chi connectivity index (χ0) is 11.9. The van der Waals surface area contributed by atoms with Crippen molar-refractivity contribution < 1.29 is 0 Å². The molecule has 0 amide bonds. The lowest BCUT2D eigenvalue weighted by Gasteiger charge is -2.03. The summed E-state index contributed by atoms with van der Waals surface area (Å²) >= 11 is 0. The van der Waals surface area contributed by atoms with Crippen molar-refractivity contribution in [3.63, 3.8) is 0 Å². The van der Waals surface area contributed by atoms with Crippen molar-refractivity contribution in [1.82, 2.24) is 15.2 Å². The summed E-state index contributed by atoms with van der Waals surface area (Å²) in [5.41, 5.74) is 2.56. The first kappa shape index (κ1) is 9.48. The summed E-state index contributed by atoms with van der Waals surface area (Å²) in [7, 11) is 0. The average Bonchev–Trinajstić information content (AvgIpc) is 2.45. The predicted molar refractivity (Wildman–Crippen MR) is 72.3 cm³/mol. The minimum Gasteiger partial charge on any atom is -0.226 e. The summed E-state index contributed by atoms with van der Waals surface area (Å²) in [6, 6.07) is 18.2. The third kappa shape index (κ3) is 1.27. The molecule has 0 aliphatic carbocycles. The molecule has 3 heteroatoms. The minimum absolute atomic E-state index is 0.701. The summed E-state index contributed by atoms with van der Waals surface area (Å²) in [6.07, 6.45) is 0. The predicted octanol–water partition coefficient (Wildman–Crippen LogP) is 3.33. The van der Waals surface area contributed by atoms with Crippen LogP contribution in [0.4, 0.5) is 0 Å². The highest BCUT2D eigenvalue weighted by atomic mass is 15.1. The van der Waals surface area contributed by atoms with E-state index in [2.05, 4.69) is 33.4 Å². The van der Waals surface area contributed by atoms with Gasteiger partial charge in [0.25, 0.3) is 0 Å². The Morgan fingerprint density at radius 1 is 0.667 bits per heavy atom. The standard InChI is InChI=1S/C15H9N3/c1-3-7-13-10(5-1)9-12-11-6-2-4-8-14(11)17-18-15(12)16-13/h1-9H. The molecule has 0 fully saturated rings. The Morgan fingerprint density at radius 3 is 2.39 bits per heavy atom. The molecule has 2 aromatic carbocycles. The van der Waals surface area contributed by atoms with Crippen LogP contribution >= 0.6 is 0 Å². The number of pyridine rings is 1. The van der Waals surface area contributed by atoms with Crippen molar-refractivity contribution in [2.24, 2.45) is 0 Å². The first-order chi connectivity index (χ1) is 8.92. The molecule has 18 heavy (non-hydrogen) atoms. The van der Waals surface area contributed by atoms with E-state index in [9.17, 15) is 0 Å². The zero-order valence-electron chi connectivity index (χ0n) is 9.54. The molecule has 0 aliphatic rings. The van der Waals surface area contributed by atoms with E-state index in [0.717, 1.165) is 27.2 Å². The van der Waals surface area contributed by atoms with Gasteiger partial charge in [-0.15, -0.1) is 10.2 Å². The van der Waals surface area contributed by atoms with Crippen molar-refractivity contribution in [3.05, 3.63) is 54.6 Å². The van der Waals surface area contributed by atoms with E-state index < -0.39 is 0 Å². The summed E-state index contributed by atoms with van der Waals surface area (Å²) in [5, 5.41) is 11.7. The third-order valence-corrected chi connectivity index (χ3v) is 3.15. The van der Waals surface area contributed by atoms with E-state index in [1.54, 1.807) is 0 Å². The molecule has 0 aliphatic heterocycles. The molecule has 2 heterocycles. The summed E-state index contributed by atoms with van der Waals surface area (Å²) in [5.74, 6) is 0. The Hall–Kier alpha value is -2.55. The van der Waals surface area contributed by atoms with E-state index in [1.807, 2.05) is 36.4 Å². The molecule has 0 radical (unpaired) electrons. The van der Waals surface area contributed by atoms with Crippen molar-refractivity contribution >= 4 is 32.8 Å². The number of benzene rings is 2. The quantitative estimate of drug-likeness (QED) is 0.344. The van der Waals surface area contributed by atoms with Crippen LogP contribution in [0.25, 0.3) is 32.8 Å². The number of para-hydroxylation sites is 1. The van der Waals surface area contributed by atoms with Crippen LogP contribution in [0.15, 0.2) is 54.6 Å². The van der Waals surface area contributed by atoms with Gasteiger partial charge in [-0.2, -0.15) is 0 Å². The zero-order valence-corrected chi connectivity index (χ0v) is 9.54. The Balaban J connectivity index is 2.27. The molecular weight excluding hydrogens is 222 g/mol. The number of rotatable bonds is 0. The fourth-order valence-electron chi connectivity index (χ4n) is 2.27. The lowest BCUT2D eigenvalue weighted by molar-refractivity contribution is 1.10. The van der Waals surface area contributed by atoms with E-state index in [1.165, 1.54) is 0 Å². The molecule has 0 atom stereocenters. The molecule has 84 valence electrons. The number of hydrogen-bond acceptors (Lipinski definition) is 3. The summed E-state index contributed by atoms with van der Waals surface area (Å²) in [6.45, 7) is 0. The van der Waals surface area contributed by atoms with Gasteiger partial charge in [0.05, 0.1) is 11.0 Å². The van der Waals surface area contributed by atoms with E-state index in [0.29, 0.717) is 5.65 Å². The Kier molecular flexibility index (Phi) is 1.83. The van der Waals surface area contributed by atoms with Crippen LogP contribution in [-0.2, 0) is 0 Å². The Labute approximate surface area is 103 Å². The second-order valence-corrected chi connectivity index (χ2v) is 4.27. The van der Waals surface area contributed by atoms with Gasteiger partial charge >= 0.3 is 0 Å². The first-order valence-corrected chi connectivity index (χ1v) is 5.83. The third-order valence-electron chi connectivity index (χ3n) is 3.15. The average molecular weight is 231 g/mol. The highest BCUT2D eigenvalue weighted by Crippen LogP contribution is 2.24. The van der Waals surface area contributed by atoms with Gasteiger partial charge in [0.2, 0.25) is 0 Å². The molecule has 4 aromatic rings. The molecule has 2 aromatic heterocycles. The Bertz CT molecular complexity index is 878. The van der Waals surface area contributed by atoms with E-state index in [4.69, 9.17) is 0 Å². The summed E-state index contributed by atoms with van der Waals surface area (Å²) < 4.78 is 0. The minimum atomic E-state index is 0.701. The van der Waals surface area contributed by atoms with Crippen LogP contribution in [0.1, 0.15) is 0 Å². The second-order valence-electron chi connectivity index (χ2n) is 4.27. The van der Waals surface area contributed by atoms with Gasteiger partial charge in [0, 0.05) is 16.2 Å². The number of fused-ring (bicyclic) bond motifs is 4. The molecule has 0 unspecified atom stereocenters. The largest absolute Gasteiger partial charge is 0.226 e. The van der Waals surface area contributed by atoms with Gasteiger partial charge in [-0.1, -0.05) is 36.4 Å². The molecule has 4 rings (SSSR count). The first-order valence-electron chi connectivity index (χ1n) is 5.83. The van der Waals surface area contributed by atoms with Crippen LogP contribution in [0.3, 0.4) is 0 Å². The maximum Gasteiger partial charge on any atom is 0.183 e. The molecular formula is C15H9N3. The van der Waals surface area contributed by atoms with Crippen LogP contribution in [-0.4, -0.2) is 15.2 Å². The van der Waals surface area contributed by atoms with Crippen molar-refractivity contribution in [2.75, 3.05) is 0 Å². The highest BCUT2D eigenvalue weighted by Gasteiger charge is 2.05. The van der Waals surface area contributed by atoms with Crippen molar-refractivity contribution in [2.45, 2.75) is 0 Å². The van der Waals surface area contributed by atoms with Crippen molar-refractivity contribution in [3.8, 4) is 0 Å². The second kappa shape index (κ2) is 3.47. The van der Waals surface area contributed by atoms with Gasteiger partial charge in [-0.3, -0.25) is 0 Å². The van der Waals surface area contributed by atoms with Crippen LogP contribution in [0.2, 0.25) is 0 Å². The molecule has 0 bridgehead atoms. The van der Waals surface area contributed by atoms with Crippen LogP contribution < -0.4 is 0 Å². The molecule has 0 saturated heterocycles. The van der Waals surface area contributed by atoms with Crippen LogP contribution in [0.5, 0.6) is 0 Å².